The molecule has 18 heavy (non-hydrogen) atoms. The number of carbonyl (C=O) groups is 1. The SMILES string of the molecule is COc1cnccc1CNC(=O)[C@@H]1CCCOC1. The number of ether oxygens (including phenoxy) is 2. The summed E-state index contributed by atoms with van der Waals surface area (Å²) in [6, 6.07) is 1.84. The number of aromatic nitrogens is 1. The fourth-order valence-electron chi connectivity index (χ4n) is 2.01. The lowest BCUT2D eigenvalue weighted by atomic mass is 10.0. The Morgan fingerprint density at radius 2 is 2.56 bits per heavy atom. The molecule has 0 aromatic carbocycles. The Bertz CT molecular complexity index is 403. The zero-order valence-corrected chi connectivity index (χ0v) is 10.5. The average molecular weight is 250 g/mol. The van der Waals surface area contributed by atoms with E-state index >= 15 is 0 Å². The molecule has 1 N–H and O–H groups in total. The standard InChI is InChI=1S/C13H18N2O3/c1-17-12-8-14-5-4-10(12)7-15-13(16)11-3-2-6-18-9-11/h4-5,8,11H,2-3,6-7,9H2,1H3,(H,15,16)/t11-/m1/s1. The summed E-state index contributed by atoms with van der Waals surface area (Å²) in [6.07, 6.45) is 5.19. The van der Waals surface area contributed by atoms with E-state index in [-0.39, 0.29) is 11.8 Å². The van der Waals surface area contributed by atoms with Crippen molar-refractivity contribution in [2.24, 2.45) is 5.92 Å². The second-order valence-electron chi connectivity index (χ2n) is 4.32. The third-order valence-electron chi connectivity index (χ3n) is 3.07. The Morgan fingerprint density at radius 3 is 3.28 bits per heavy atom. The van der Waals surface area contributed by atoms with Gasteiger partial charge in [-0.1, -0.05) is 0 Å². The maximum Gasteiger partial charge on any atom is 0.225 e. The number of carbonyl (C=O) groups excluding carboxylic acids is 1. The number of pyridine rings is 1. The van der Waals surface area contributed by atoms with Crippen LogP contribution in [0.3, 0.4) is 0 Å². The topological polar surface area (TPSA) is 60.5 Å². The van der Waals surface area contributed by atoms with Crippen LogP contribution in [-0.4, -0.2) is 31.2 Å². The van der Waals surface area contributed by atoms with Crippen LogP contribution in [0.1, 0.15) is 18.4 Å². The Balaban J connectivity index is 1.88. The Morgan fingerprint density at radius 1 is 1.67 bits per heavy atom. The minimum atomic E-state index is -0.0217. The molecule has 2 rings (SSSR count). The van der Waals surface area contributed by atoms with Crippen molar-refractivity contribution in [1.29, 1.82) is 0 Å². The molecule has 2 heterocycles. The summed E-state index contributed by atoms with van der Waals surface area (Å²) < 4.78 is 10.5. The molecule has 0 bridgehead atoms. The van der Waals surface area contributed by atoms with E-state index < -0.39 is 0 Å². The van der Waals surface area contributed by atoms with E-state index in [1.165, 1.54) is 0 Å². The normalized spacial score (nSPS) is 19.3. The van der Waals surface area contributed by atoms with Gasteiger partial charge in [-0.15, -0.1) is 0 Å². The largest absolute Gasteiger partial charge is 0.495 e. The molecule has 98 valence electrons. The number of hydrogen-bond acceptors (Lipinski definition) is 4. The van der Waals surface area contributed by atoms with Crippen LogP contribution in [0.15, 0.2) is 18.5 Å². The smallest absolute Gasteiger partial charge is 0.225 e. The Hall–Kier alpha value is -1.62. The molecule has 0 spiro atoms. The van der Waals surface area contributed by atoms with Gasteiger partial charge in [0.2, 0.25) is 5.91 Å². The molecule has 1 fully saturated rings. The van der Waals surface area contributed by atoms with Crippen molar-refractivity contribution in [2.75, 3.05) is 20.3 Å². The lowest BCUT2D eigenvalue weighted by molar-refractivity contribution is -0.129. The molecule has 1 aliphatic rings. The summed E-state index contributed by atoms with van der Waals surface area (Å²) in [7, 11) is 1.59. The minimum Gasteiger partial charge on any atom is -0.495 e. The highest BCUT2D eigenvalue weighted by Crippen LogP contribution is 2.17. The molecule has 1 aromatic rings. The van der Waals surface area contributed by atoms with Crippen LogP contribution in [0, 0.1) is 5.92 Å². The van der Waals surface area contributed by atoms with E-state index in [1.54, 1.807) is 19.5 Å². The lowest BCUT2D eigenvalue weighted by Gasteiger charge is -2.21. The zero-order valence-electron chi connectivity index (χ0n) is 10.5. The van der Waals surface area contributed by atoms with Gasteiger partial charge in [-0.25, -0.2) is 0 Å². The Kier molecular flexibility index (Phi) is 4.52. The maximum atomic E-state index is 11.9. The first-order chi connectivity index (χ1) is 8.81. The zero-order chi connectivity index (χ0) is 12.8. The summed E-state index contributed by atoms with van der Waals surface area (Å²) in [6.45, 7) is 1.75. The highest BCUT2D eigenvalue weighted by molar-refractivity contribution is 5.78. The van der Waals surface area contributed by atoms with Gasteiger partial charge in [0.15, 0.2) is 0 Å². The van der Waals surface area contributed by atoms with E-state index in [4.69, 9.17) is 9.47 Å². The molecule has 5 heteroatoms. The minimum absolute atomic E-state index is 0.0217. The van der Waals surface area contributed by atoms with Gasteiger partial charge in [0.05, 0.1) is 25.8 Å². The second-order valence-corrected chi connectivity index (χ2v) is 4.32. The van der Waals surface area contributed by atoms with Crippen molar-refractivity contribution in [3.8, 4) is 5.75 Å². The monoisotopic (exact) mass is 250 g/mol. The van der Waals surface area contributed by atoms with Gasteiger partial charge in [0.25, 0.3) is 0 Å². The van der Waals surface area contributed by atoms with Crippen LogP contribution < -0.4 is 10.1 Å². The van der Waals surface area contributed by atoms with Crippen molar-refractivity contribution in [2.45, 2.75) is 19.4 Å². The molecule has 1 aliphatic heterocycles. The van der Waals surface area contributed by atoms with Gasteiger partial charge in [0, 0.05) is 24.9 Å². The summed E-state index contributed by atoms with van der Waals surface area (Å²) in [4.78, 5) is 15.9. The third-order valence-corrected chi connectivity index (χ3v) is 3.07. The molecule has 0 unspecified atom stereocenters. The summed E-state index contributed by atoms with van der Waals surface area (Å²) in [5.41, 5.74) is 0.928. The number of nitrogens with zero attached hydrogens (tertiary/aromatic N) is 1. The lowest BCUT2D eigenvalue weighted by Crippen LogP contribution is -2.35. The van der Waals surface area contributed by atoms with Crippen LogP contribution in [0.4, 0.5) is 0 Å². The molecule has 1 aromatic heterocycles. The fraction of sp³-hybridized carbons (Fsp3) is 0.538. The van der Waals surface area contributed by atoms with E-state index in [0.29, 0.717) is 18.9 Å². The van der Waals surface area contributed by atoms with Crippen molar-refractivity contribution >= 4 is 5.91 Å². The third kappa shape index (κ3) is 3.20. The van der Waals surface area contributed by atoms with Gasteiger partial charge in [-0.2, -0.15) is 0 Å². The van der Waals surface area contributed by atoms with E-state index in [0.717, 1.165) is 25.0 Å². The van der Waals surface area contributed by atoms with Crippen LogP contribution in [-0.2, 0) is 16.1 Å². The Labute approximate surface area is 107 Å². The average Bonchev–Trinajstić information content (AvgIpc) is 2.46. The second kappa shape index (κ2) is 6.35. The number of hydrogen-bond donors (Lipinski definition) is 1. The maximum absolute atomic E-state index is 11.9. The van der Waals surface area contributed by atoms with Gasteiger partial charge in [-0.05, 0) is 18.9 Å². The van der Waals surface area contributed by atoms with Gasteiger partial charge in [0.1, 0.15) is 5.75 Å². The van der Waals surface area contributed by atoms with E-state index in [9.17, 15) is 4.79 Å². The molecular formula is C13H18N2O3. The highest BCUT2D eigenvalue weighted by atomic mass is 16.5. The van der Waals surface area contributed by atoms with E-state index in [2.05, 4.69) is 10.3 Å². The molecule has 1 amide bonds. The molecule has 1 atom stereocenters. The van der Waals surface area contributed by atoms with Crippen molar-refractivity contribution in [3.63, 3.8) is 0 Å². The van der Waals surface area contributed by atoms with Crippen molar-refractivity contribution in [1.82, 2.24) is 10.3 Å². The van der Waals surface area contributed by atoms with Crippen molar-refractivity contribution < 1.29 is 14.3 Å². The first kappa shape index (κ1) is 12.8. The van der Waals surface area contributed by atoms with Crippen molar-refractivity contribution in [3.05, 3.63) is 24.0 Å². The summed E-state index contributed by atoms with van der Waals surface area (Å²) in [5, 5.41) is 2.92. The first-order valence-corrected chi connectivity index (χ1v) is 6.13. The van der Waals surface area contributed by atoms with E-state index in [1.807, 2.05) is 6.07 Å². The predicted octanol–water partition coefficient (Wildman–Crippen LogP) is 1.13. The molecule has 0 radical (unpaired) electrons. The fourth-order valence-corrected chi connectivity index (χ4v) is 2.01. The quantitative estimate of drug-likeness (QED) is 0.870. The first-order valence-electron chi connectivity index (χ1n) is 6.13. The van der Waals surface area contributed by atoms with Gasteiger partial charge < -0.3 is 14.8 Å². The van der Waals surface area contributed by atoms with Crippen LogP contribution >= 0.6 is 0 Å². The molecule has 1 saturated heterocycles. The van der Waals surface area contributed by atoms with Crippen LogP contribution in [0.25, 0.3) is 0 Å². The predicted molar refractivity (Wildman–Crippen MR) is 66.2 cm³/mol. The van der Waals surface area contributed by atoms with Gasteiger partial charge in [-0.3, -0.25) is 9.78 Å². The van der Waals surface area contributed by atoms with Gasteiger partial charge >= 0.3 is 0 Å². The molecular weight excluding hydrogens is 232 g/mol. The number of nitrogens with one attached hydrogen (secondary N) is 1. The highest BCUT2D eigenvalue weighted by Gasteiger charge is 2.21. The number of methoxy groups -OCH3 is 1. The molecule has 0 saturated carbocycles. The summed E-state index contributed by atoms with van der Waals surface area (Å²) in [5.74, 6) is 0.720. The summed E-state index contributed by atoms with van der Waals surface area (Å²) >= 11 is 0. The number of rotatable bonds is 4. The number of amides is 1. The van der Waals surface area contributed by atoms with Crippen LogP contribution in [0.5, 0.6) is 5.75 Å². The molecule has 5 nitrogen and oxygen atoms in total. The van der Waals surface area contributed by atoms with Crippen LogP contribution in [0.2, 0.25) is 0 Å². The molecule has 0 aliphatic carbocycles.